The van der Waals surface area contributed by atoms with E-state index in [1.807, 2.05) is 4.90 Å². The Labute approximate surface area is 158 Å². The summed E-state index contributed by atoms with van der Waals surface area (Å²) in [5.74, 6) is -0.734. The number of carbonyl (C=O) groups excluding carboxylic acids is 3. The van der Waals surface area contributed by atoms with Crippen molar-refractivity contribution in [2.24, 2.45) is 11.7 Å². The van der Waals surface area contributed by atoms with Gasteiger partial charge in [0, 0.05) is 30.9 Å². The lowest BCUT2D eigenvalue weighted by Gasteiger charge is -2.31. The maximum Gasteiger partial charge on any atom is 0.254 e. The fourth-order valence-corrected chi connectivity index (χ4v) is 3.56. The van der Waals surface area contributed by atoms with E-state index < -0.39 is 0 Å². The van der Waals surface area contributed by atoms with Gasteiger partial charge in [-0.2, -0.15) is 0 Å². The average molecular weight is 374 g/mol. The zero-order valence-electron chi connectivity index (χ0n) is 15.4. The quantitative estimate of drug-likeness (QED) is 0.771. The second kappa shape index (κ2) is 8.96. The molecule has 1 aromatic rings. The Morgan fingerprint density at radius 3 is 2.70 bits per heavy atom. The number of nitrogens with zero attached hydrogens (tertiary/aromatic N) is 2. The number of piperidine rings is 1. The van der Waals surface area contributed by atoms with Gasteiger partial charge in [0.2, 0.25) is 11.8 Å². The summed E-state index contributed by atoms with van der Waals surface area (Å²) < 4.78 is 5.28. The summed E-state index contributed by atoms with van der Waals surface area (Å²) in [6, 6.07) is 7.00. The van der Waals surface area contributed by atoms with Gasteiger partial charge in [-0.3, -0.25) is 19.3 Å². The van der Waals surface area contributed by atoms with Gasteiger partial charge in [0.1, 0.15) is 0 Å². The Hall–Kier alpha value is -2.45. The molecule has 8 nitrogen and oxygen atoms in total. The zero-order valence-corrected chi connectivity index (χ0v) is 15.4. The van der Waals surface area contributed by atoms with Crippen molar-refractivity contribution in [3.8, 4) is 0 Å². The van der Waals surface area contributed by atoms with Crippen molar-refractivity contribution in [3.63, 3.8) is 0 Å². The molecule has 0 unspecified atom stereocenters. The minimum absolute atomic E-state index is 0.0558. The Balaban J connectivity index is 1.60. The van der Waals surface area contributed by atoms with Gasteiger partial charge in [0.05, 0.1) is 25.7 Å². The normalized spacial score (nSPS) is 20.9. The number of benzene rings is 1. The van der Waals surface area contributed by atoms with Crippen molar-refractivity contribution < 1.29 is 19.1 Å². The van der Waals surface area contributed by atoms with Crippen LogP contribution in [0.1, 0.15) is 23.2 Å². The third-order valence-corrected chi connectivity index (χ3v) is 4.93. The molecule has 2 fully saturated rings. The zero-order chi connectivity index (χ0) is 19.2. The van der Waals surface area contributed by atoms with Crippen LogP contribution in [0.25, 0.3) is 0 Å². The van der Waals surface area contributed by atoms with E-state index in [0.29, 0.717) is 44.1 Å². The molecule has 0 bridgehead atoms. The van der Waals surface area contributed by atoms with Gasteiger partial charge in [0.25, 0.3) is 5.91 Å². The number of nitrogens with one attached hydrogen (secondary N) is 1. The van der Waals surface area contributed by atoms with Crippen molar-refractivity contribution in [2.45, 2.75) is 12.8 Å². The molecule has 3 N–H and O–H groups in total. The molecule has 0 spiro atoms. The number of rotatable bonds is 5. The number of amides is 3. The number of primary amides is 1. The van der Waals surface area contributed by atoms with E-state index >= 15 is 0 Å². The van der Waals surface area contributed by atoms with Crippen LogP contribution in [0.5, 0.6) is 0 Å². The number of hydrogen-bond acceptors (Lipinski definition) is 5. The Kier molecular flexibility index (Phi) is 6.41. The number of anilines is 1. The van der Waals surface area contributed by atoms with Crippen LogP contribution in [0.15, 0.2) is 24.3 Å². The van der Waals surface area contributed by atoms with Gasteiger partial charge < -0.3 is 20.7 Å². The topological polar surface area (TPSA) is 105 Å². The molecular weight excluding hydrogens is 348 g/mol. The van der Waals surface area contributed by atoms with Crippen LogP contribution in [0, 0.1) is 5.92 Å². The number of hydrogen-bond donors (Lipinski definition) is 2. The summed E-state index contributed by atoms with van der Waals surface area (Å²) >= 11 is 0. The lowest BCUT2D eigenvalue weighted by atomic mass is 9.97. The molecule has 0 radical (unpaired) electrons. The number of likely N-dealkylation sites (tertiary alicyclic amines) is 1. The summed E-state index contributed by atoms with van der Waals surface area (Å²) in [7, 11) is 0. The second-order valence-electron chi connectivity index (χ2n) is 7.02. The van der Waals surface area contributed by atoms with Crippen molar-refractivity contribution in [3.05, 3.63) is 29.8 Å². The molecule has 0 saturated carbocycles. The molecule has 0 aromatic heterocycles. The summed E-state index contributed by atoms with van der Waals surface area (Å²) in [5.41, 5.74) is 6.40. The van der Waals surface area contributed by atoms with Crippen LogP contribution in [-0.2, 0) is 14.3 Å². The summed E-state index contributed by atoms with van der Waals surface area (Å²) in [6.45, 7) is 3.71. The lowest BCUT2D eigenvalue weighted by molar-refractivity contribution is -0.124. The molecular formula is C19H26N4O4. The van der Waals surface area contributed by atoms with Gasteiger partial charge >= 0.3 is 0 Å². The molecule has 3 amide bonds. The fourth-order valence-electron chi connectivity index (χ4n) is 3.56. The van der Waals surface area contributed by atoms with Crippen LogP contribution >= 0.6 is 0 Å². The first kappa shape index (κ1) is 19.3. The van der Waals surface area contributed by atoms with Crippen molar-refractivity contribution in [1.82, 2.24) is 9.80 Å². The molecule has 27 heavy (non-hydrogen) atoms. The molecule has 3 rings (SSSR count). The predicted molar refractivity (Wildman–Crippen MR) is 100 cm³/mol. The van der Waals surface area contributed by atoms with Crippen LogP contribution < -0.4 is 11.1 Å². The maximum absolute atomic E-state index is 12.6. The number of ether oxygens (including phenoxy) is 1. The van der Waals surface area contributed by atoms with Crippen molar-refractivity contribution >= 4 is 23.4 Å². The van der Waals surface area contributed by atoms with Crippen LogP contribution in [0.4, 0.5) is 5.69 Å². The maximum atomic E-state index is 12.6. The second-order valence-corrected chi connectivity index (χ2v) is 7.02. The molecule has 2 saturated heterocycles. The minimum atomic E-state index is -0.384. The largest absolute Gasteiger partial charge is 0.378 e. The van der Waals surface area contributed by atoms with Gasteiger partial charge in [-0.1, -0.05) is 6.07 Å². The van der Waals surface area contributed by atoms with E-state index in [4.69, 9.17) is 10.5 Å². The first-order valence-corrected chi connectivity index (χ1v) is 9.31. The van der Waals surface area contributed by atoms with Crippen LogP contribution in [0.3, 0.4) is 0 Å². The van der Waals surface area contributed by atoms with Gasteiger partial charge in [-0.25, -0.2) is 0 Å². The van der Waals surface area contributed by atoms with Gasteiger partial charge in [-0.15, -0.1) is 0 Å². The summed E-state index contributed by atoms with van der Waals surface area (Å²) in [6.07, 6.45) is 1.62. The van der Waals surface area contributed by atoms with E-state index in [1.54, 1.807) is 29.2 Å². The monoisotopic (exact) mass is 374 g/mol. The van der Waals surface area contributed by atoms with E-state index in [9.17, 15) is 14.4 Å². The Bertz CT molecular complexity index is 703. The standard InChI is InChI=1S/C19H26N4O4/c20-17(24)13-22-6-2-4-15(12-22)18(25)21-16-5-1-3-14(11-16)19(26)23-7-9-27-10-8-23/h1,3,5,11,15H,2,4,6-10,12-13H2,(H2,20,24)(H,21,25)/t15-/m1/s1. The highest BCUT2D eigenvalue weighted by Gasteiger charge is 2.26. The molecule has 1 aromatic carbocycles. The Morgan fingerprint density at radius 2 is 1.96 bits per heavy atom. The smallest absolute Gasteiger partial charge is 0.254 e. The predicted octanol–water partition coefficient (Wildman–Crippen LogP) is 0.295. The average Bonchev–Trinajstić information content (AvgIpc) is 2.68. The molecule has 0 aliphatic carbocycles. The summed E-state index contributed by atoms with van der Waals surface area (Å²) in [4.78, 5) is 40.0. The highest BCUT2D eigenvalue weighted by molar-refractivity contribution is 5.97. The molecule has 2 aliphatic heterocycles. The number of morpholine rings is 1. The molecule has 1 atom stereocenters. The van der Waals surface area contributed by atoms with Gasteiger partial charge in [-0.05, 0) is 37.6 Å². The third kappa shape index (κ3) is 5.27. The van der Waals surface area contributed by atoms with E-state index in [0.717, 1.165) is 19.4 Å². The van der Waals surface area contributed by atoms with E-state index in [-0.39, 0.29) is 30.2 Å². The molecule has 2 aliphatic rings. The summed E-state index contributed by atoms with van der Waals surface area (Å²) in [5, 5.41) is 2.91. The first-order chi connectivity index (χ1) is 13.0. The SMILES string of the molecule is NC(=O)CN1CCC[C@@H](C(=O)Nc2cccc(C(=O)N3CCOCC3)c2)C1. The van der Waals surface area contributed by atoms with E-state index in [2.05, 4.69) is 5.32 Å². The van der Waals surface area contributed by atoms with Crippen molar-refractivity contribution in [1.29, 1.82) is 0 Å². The molecule has 146 valence electrons. The minimum Gasteiger partial charge on any atom is -0.378 e. The highest BCUT2D eigenvalue weighted by atomic mass is 16.5. The highest BCUT2D eigenvalue weighted by Crippen LogP contribution is 2.20. The van der Waals surface area contributed by atoms with Crippen molar-refractivity contribution in [2.75, 3.05) is 51.3 Å². The van der Waals surface area contributed by atoms with Crippen LogP contribution in [0.2, 0.25) is 0 Å². The van der Waals surface area contributed by atoms with E-state index in [1.165, 1.54) is 0 Å². The molecule has 2 heterocycles. The lowest BCUT2D eigenvalue weighted by Crippen LogP contribution is -2.44. The van der Waals surface area contributed by atoms with Crippen LogP contribution in [-0.4, -0.2) is 73.5 Å². The Morgan fingerprint density at radius 1 is 1.19 bits per heavy atom. The number of nitrogens with two attached hydrogens (primary N) is 1. The number of carbonyl (C=O) groups is 3. The first-order valence-electron chi connectivity index (χ1n) is 9.31. The fraction of sp³-hybridized carbons (Fsp3) is 0.526. The third-order valence-electron chi connectivity index (χ3n) is 4.93. The molecule has 8 heteroatoms. The van der Waals surface area contributed by atoms with Gasteiger partial charge in [0.15, 0.2) is 0 Å².